The summed E-state index contributed by atoms with van der Waals surface area (Å²) in [4.78, 5) is 24.9. The fraction of sp³-hybridized carbons (Fsp3) is 0.222. The maximum Gasteiger partial charge on any atom is 0.409 e. The van der Waals surface area contributed by atoms with Crippen molar-refractivity contribution < 1.29 is 28.9 Å². The zero-order valence-corrected chi connectivity index (χ0v) is 15.9. The van der Waals surface area contributed by atoms with E-state index in [2.05, 4.69) is 5.32 Å². The Morgan fingerprint density at radius 3 is 2.37 bits per heavy atom. The number of benzene rings is 2. The largest absolute Gasteiger partial charge is 0.465 e. The maximum atomic E-state index is 11.7. The Kier molecular flexibility index (Phi) is 7.33. The van der Waals surface area contributed by atoms with E-state index in [4.69, 9.17) is 19.3 Å². The lowest BCUT2D eigenvalue weighted by atomic mass is 10.2. The molecule has 0 aliphatic rings. The van der Waals surface area contributed by atoms with Gasteiger partial charge < -0.3 is 24.2 Å². The predicted octanol–water partition coefficient (Wildman–Crippen LogP) is 4.33. The van der Waals surface area contributed by atoms with E-state index in [0.717, 1.165) is 16.7 Å². The zero-order valence-electron chi connectivity index (χ0n) is 15.1. The van der Waals surface area contributed by atoms with Crippen LogP contribution < -0.4 is 14.8 Å². The quantitative estimate of drug-likeness (QED) is 0.535. The highest BCUT2D eigenvalue weighted by Gasteiger charge is 2.10. The van der Waals surface area contributed by atoms with Gasteiger partial charge in [-0.3, -0.25) is 10.1 Å². The van der Waals surface area contributed by atoms with Gasteiger partial charge in [0.1, 0.15) is 17.2 Å². The van der Waals surface area contributed by atoms with Gasteiger partial charge >= 0.3 is 6.09 Å². The van der Waals surface area contributed by atoms with Crippen LogP contribution in [0.4, 0.5) is 15.3 Å². The number of methoxy groups -OCH3 is 1. The molecule has 0 spiro atoms. The molecule has 2 N–H and O–H groups in total. The second-order valence-electron chi connectivity index (χ2n) is 5.47. The lowest BCUT2D eigenvalue weighted by Crippen LogP contribution is -2.15. The van der Waals surface area contributed by atoms with E-state index >= 15 is 0 Å². The third-order valence-electron chi connectivity index (χ3n) is 3.16. The number of hydrogen-bond donors (Lipinski definition) is 2. The Labute approximate surface area is 161 Å². The molecule has 0 aliphatic heterocycles. The molecule has 0 unspecified atom stereocenters. The summed E-state index contributed by atoms with van der Waals surface area (Å²) in [6.07, 6.45) is -1.20. The van der Waals surface area contributed by atoms with Gasteiger partial charge in [0, 0.05) is 32.2 Å². The highest BCUT2D eigenvalue weighted by molar-refractivity contribution is 8.13. The summed E-state index contributed by atoms with van der Waals surface area (Å²) < 4.78 is 16.0. The molecule has 0 bridgehead atoms. The number of amides is 2. The lowest BCUT2D eigenvalue weighted by molar-refractivity contribution is 0.0515. The van der Waals surface area contributed by atoms with Crippen LogP contribution in [0, 0.1) is 0 Å². The van der Waals surface area contributed by atoms with Crippen LogP contribution in [-0.4, -0.2) is 49.3 Å². The van der Waals surface area contributed by atoms with Gasteiger partial charge in [-0.1, -0.05) is 0 Å². The summed E-state index contributed by atoms with van der Waals surface area (Å²) in [5, 5.41) is 11.1. The third-order valence-corrected chi connectivity index (χ3v) is 4.20. The molecule has 8 nitrogen and oxygen atoms in total. The van der Waals surface area contributed by atoms with Crippen LogP contribution in [0.5, 0.6) is 17.2 Å². The van der Waals surface area contributed by atoms with E-state index in [9.17, 15) is 9.59 Å². The monoisotopic (exact) mass is 392 g/mol. The summed E-state index contributed by atoms with van der Waals surface area (Å²) in [6, 6.07) is 11.8. The Hall–Kier alpha value is -2.91. The first-order valence-electron chi connectivity index (χ1n) is 7.82. The van der Waals surface area contributed by atoms with Crippen molar-refractivity contribution >= 4 is 28.8 Å². The van der Waals surface area contributed by atoms with Crippen LogP contribution in [0.15, 0.2) is 47.4 Å². The number of rotatable bonds is 7. The molecule has 0 saturated heterocycles. The highest BCUT2D eigenvalue weighted by Crippen LogP contribution is 2.33. The Morgan fingerprint density at radius 2 is 1.78 bits per heavy atom. The minimum absolute atomic E-state index is 0.0381. The van der Waals surface area contributed by atoms with E-state index in [1.807, 2.05) is 0 Å². The average Bonchev–Trinajstić information content (AvgIpc) is 2.62. The minimum atomic E-state index is -1.20. The molecule has 144 valence electrons. The van der Waals surface area contributed by atoms with E-state index in [-0.39, 0.29) is 23.5 Å². The van der Waals surface area contributed by atoms with Crippen molar-refractivity contribution in [1.82, 2.24) is 4.90 Å². The van der Waals surface area contributed by atoms with Crippen LogP contribution in [0.25, 0.3) is 0 Å². The van der Waals surface area contributed by atoms with Gasteiger partial charge in [-0.2, -0.15) is 0 Å². The molecule has 0 saturated carbocycles. The standard InChI is InChI=1S/C18H20N2O6S/c1-20(2)18(23)27-14-7-4-12(5-8-14)26-13-6-9-15(19-17(21)22)16(10-13)25-11-24-3/h4-10,19H,11H2,1-3H3,(H,21,22). The van der Waals surface area contributed by atoms with Crippen LogP contribution in [0.2, 0.25) is 0 Å². The average molecular weight is 392 g/mol. The maximum absolute atomic E-state index is 11.7. The minimum Gasteiger partial charge on any atom is -0.465 e. The molecule has 0 aromatic heterocycles. The number of nitrogens with zero attached hydrogens (tertiary/aromatic N) is 1. The molecule has 2 aromatic rings. The molecule has 0 aliphatic carbocycles. The summed E-state index contributed by atoms with van der Waals surface area (Å²) in [6.45, 7) is -0.0381. The van der Waals surface area contributed by atoms with Crippen molar-refractivity contribution in [2.45, 2.75) is 4.90 Å². The molecule has 0 fully saturated rings. The Balaban J connectivity index is 2.11. The van der Waals surface area contributed by atoms with Crippen molar-refractivity contribution in [3.8, 4) is 17.2 Å². The van der Waals surface area contributed by atoms with E-state index in [0.29, 0.717) is 11.5 Å². The molecule has 2 rings (SSSR count). The van der Waals surface area contributed by atoms with Crippen molar-refractivity contribution in [3.05, 3.63) is 42.5 Å². The van der Waals surface area contributed by atoms with E-state index in [1.54, 1.807) is 50.5 Å². The molecule has 0 radical (unpaired) electrons. The number of hydrogen-bond acceptors (Lipinski definition) is 6. The SMILES string of the molecule is COCOc1cc(Oc2ccc(SC(=O)N(C)C)cc2)ccc1NC(=O)O. The van der Waals surface area contributed by atoms with Gasteiger partial charge in [0.05, 0.1) is 5.69 Å². The molecule has 2 amide bonds. The van der Waals surface area contributed by atoms with Crippen molar-refractivity contribution in [3.63, 3.8) is 0 Å². The smallest absolute Gasteiger partial charge is 0.409 e. The van der Waals surface area contributed by atoms with Crippen LogP contribution in [-0.2, 0) is 4.74 Å². The normalized spacial score (nSPS) is 10.2. The number of ether oxygens (including phenoxy) is 3. The van der Waals surface area contributed by atoms with Crippen LogP contribution in [0.1, 0.15) is 0 Å². The summed E-state index contributed by atoms with van der Waals surface area (Å²) in [5.74, 6) is 1.30. The zero-order chi connectivity index (χ0) is 19.8. The van der Waals surface area contributed by atoms with Crippen molar-refractivity contribution in [2.24, 2.45) is 0 Å². The number of carbonyl (C=O) groups is 2. The molecule has 0 atom stereocenters. The number of thioether (sulfide) groups is 1. The van der Waals surface area contributed by atoms with Gasteiger partial charge in [-0.05, 0) is 48.2 Å². The highest BCUT2D eigenvalue weighted by atomic mass is 32.2. The second kappa shape index (κ2) is 9.70. The Morgan fingerprint density at radius 1 is 1.11 bits per heavy atom. The molecular weight excluding hydrogens is 372 g/mol. The molecular formula is C18H20N2O6S. The fourth-order valence-electron chi connectivity index (χ4n) is 1.93. The summed E-state index contributed by atoms with van der Waals surface area (Å²) >= 11 is 1.12. The number of anilines is 1. The molecule has 9 heteroatoms. The number of carboxylic acid groups (broad SMARTS) is 1. The van der Waals surface area contributed by atoms with E-state index in [1.165, 1.54) is 18.1 Å². The van der Waals surface area contributed by atoms with Gasteiger partial charge in [0.25, 0.3) is 5.24 Å². The molecule has 0 heterocycles. The van der Waals surface area contributed by atoms with Gasteiger partial charge in [-0.15, -0.1) is 0 Å². The van der Waals surface area contributed by atoms with Crippen molar-refractivity contribution in [1.29, 1.82) is 0 Å². The van der Waals surface area contributed by atoms with Gasteiger partial charge in [0.2, 0.25) is 0 Å². The fourth-order valence-corrected chi connectivity index (χ4v) is 2.59. The van der Waals surface area contributed by atoms with E-state index < -0.39 is 6.09 Å². The predicted molar refractivity (Wildman–Crippen MR) is 102 cm³/mol. The van der Waals surface area contributed by atoms with Crippen molar-refractivity contribution in [2.75, 3.05) is 33.3 Å². The number of nitrogens with one attached hydrogen (secondary N) is 1. The molecule has 2 aromatic carbocycles. The second-order valence-corrected chi connectivity index (χ2v) is 6.50. The lowest BCUT2D eigenvalue weighted by Gasteiger charge is -2.13. The van der Waals surface area contributed by atoms with Crippen LogP contribution in [0.3, 0.4) is 0 Å². The number of carbonyl (C=O) groups excluding carboxylic acids is 1. The van der Waals surface area contributed by atoms with Gasteiger partial charge in [0.15, 0.2) is 6.79 Å². The van der Waals surface area contributed by atoms with Gasteiger partial charge in [-0.25, -0.2) is 4.79 Å². The first kappa shape index (κ1) is 20.4. The Bertz CT molecular complexity index is 795. The first-order valence-corrected chi connectivity index (χ1v) is 8.63. The summed E-state index contributed by atoms with van der Waals surface area (Å²) in [5.41, 5.74) is 0.279. The third kappa shape index (κ3) is 6.39. The van der Waals surface area contributed by atoms with Crippen LogP contribution >= 0.6 is 11.8 Å². The molecule has 27 heavy (non-hydrogen) atoms. The topological polar surface area (TPSA) is 97.3 Å². The summed E-state index contributed by atoms with van der Waals surface area (Å²) in [7, 11) is 4.85. The first-order chi connectivity index (χ1) is 12.9.